The van der Waals surface area contributed by atoms with Crippen molar-refractivity contribution in [2.75, 3.05) is 0 Å². The molecule has 156 valence electrons. The molecule has 7 rings (SSSR count). The minimum Gasteiger partial charge on any atom is -0.456 e. The number of hydrogen-bond acceptors (Lipinski definition) is 2. The Labute approximate surface area is 190 Å². The zero-order chi connectivity index (χ0) is 21.9. The minimum atomic E-state index is 0.920. The highest BCUT2D eigenvalue weighted by molar-refractivity contribution is 6.11. The van der Waals surface area contributed by atoms with Gasteiger partial charge in [-0.3, -0.25) is 4.57 Å². The first-order valence-corrected chi connectivity index (χ1v) is 11.1. The van der Waals surface area contributed by atoms with Crippen molar-refractivity contribution in [2.45, 2.75) is 6.92 Å². The molecule has 3 aromatic heterocycles. The smallest absolute Gasteiger partial charge is 0.137 e. The van der Waals surface area contributed by atoms with Gasteiger partial charge in [-0.25, -0.2) is 4.98 Å². The summed E-state index contributed by atoms with van der Waals surface area (Å²) in [4.78, 5) is 4.64. The lowest BCUT2D eigenvalue weighted by Crippen LogP contribution is -1.96. The maximum Gasteiger partial charge on any atom is 0.137 e. The first kappa shape index (κ1) is 18.2. The fourth-order valence-electron chi connectivity index (χ4n) is 4.95. The van der Waals surface area contributed by atoms with Crippen molar-refractivity contribution in [1.82, 2.24) is 9.55 Å². The molecule has 7 aromatic rings. The Hall–Kier alpha value is -4.37. The van der Waals surface area contributed by atoms with Gasteiger partial charge in [-0.15, -0.1) is 0 Å². The molecule has 0 N–H and O–H groups in total. The summed E-state index contributed by atoms with van der Waals surface area (Å²) in [6.45, 7) is 2.13. The van der Waals surface area contributed by atoms with Crippen molar-refractivity contribution in [2.24, 2.45) is 0 Å². The summed E-state index contributed by atoms with van der Waals surface area (Å²) >= 11 is 0. The Morgan fingerprint density at radius 3 is 2.27 bits per heavy atom. The molecule has 33 heavy (non-hydrogen) atoms. The molecular formula is C30H20N2O. The normalized spacial score (nSPS) is 11.8. The van der Waals surface area contributed by atoms with Gasteiger partial charge < -0.3 is 4.42 Å². The van der Waals surface area contributed by atoms with Gasteiger partial charge in [0.05, 0.1) is 11.0 Å². The van der Waals surface area contributed by atoms with E-state index < -0.39 is 0 Å². The van der Waals surface area contributed by atoms with Crippen LogP contribution in [0.15, 0.2) is 108 Å². The molecule has 3 heterocycles. The zero-order valence-electron chi connectivity index (χ0n) is 18.1. The molecule has 0 aliphatic carbocycles. The number of nitrogens with zero attached hydrogens (tertiary/aromatic N) is 2. The summed E-state index contributed by atoms with van der Waals surface area (Å²) in [7, 11) is 0. The highest BCUT2D eigenvalue weighted by Gasteiger charge is 2.15. The quantitative estimate of drug-likeness (QED) is 0.281. The SMILES string of the molecule is Cc1ccc2c3cc(-c4ccc5oc6ccccc6c5c4)ccc3n(-c3ccccn3)c2c1. The molecule has 0 unspecified atom stereocenters. The van der Waals surface area contributed by atoms with Gasteiger partial charge >= 0.3 is 0 Å². The van der Waals surface area contributed by atoms with Gasteiger partial charge in [-0.05, 0) is 72.1 Å². The van der Waals surface area contributed by atoms with Crippen molar-refractivity contribution in [1.29, 1.82) is 0 Å². The lowest BCUT2D eigenvalue weighted by molar-refractivity contribution is 0.669. The second kappa shape index (κ2) is 6.81. The topological polar surface area (TPSA) is 31.0 Å². The molecule has 0 radical (unpaired) electrons. The number of hydrogen-bond donors (Lipinski definition) is 0. The largest absolute Gasteiger partial charge is 0.456 e. The van der Waals surface area contributed by atoms with Crippen LogP contribution in [0.3, 0.4) is 0 Å². The number of para-hydroxylation sites is 1. The van der Waals surface area contributed by atoms with Crippen molar-refractivity contribution < 1.29 is 4.42 Å². The van der Waals surface area contributed by atoms with E-state index in [2.05, 4.69) is 89.3 Å². The van der Waals surface area contributed by atoms with Crippen molar-refractivity contribution in [3.8, 4) is 16.9 Å². The number of benzene rings is 4. The molecule has 0 spiro atoms. The van der Waals surface area contributed by atoms with Crippen molar-refractivity contribution >= 4 is 43.7 Å². The van der Waals surface area contributed by atoms with Gasteiger partial charge in [0.2, 0.25) is 0 Å². The van der Waals surface area contributed by atoms with Crippen molar-refractivity contribution in [3.05, 3.63) is 109 Å². The molecule has 0 saturated heterocycles. The summed E-state index contributed by atoms with van der Waals surface area (Å²) in [6, 6.07) is 34.1. The number of fused-ring (bicyclic) bond motifs is 6. The second-order valence-electron chi connectivity index (χ2n) is 8.59. The second-order valence-corrected chi connectivity index (χ2v) is 8.59. The molecule has 0 atom stereocenters. The van der Waals surface area contributed by atoms with Crippen LogP contribution in [0, 0.1) is 6.92 Å². The molecular weight excluding hydrogens is 404 g/mol. The Morgan fingerprint density at radius 2 is 1.39 bits per heavy atom. The monoisotopic (exact) mass is 424 g/mol. The molecule has 0 aliphatic heterocycles. The first-order chi connectivity index (χ1) is 16.3. The average Bonchev–Trinajstić information content (AvgIpc) is 3.38. The number of aryl methyl sites for hydroxylation is 1. The van der Waals surface area contributed by atoms with E-state index >= 15 is 0 Å². The van der Waals surface area contributed by atoms with E-state index in [9.17, 15) is 0 Å². The minimum absolute atomic E-state index is 0.920. The maximum atomic E-state index is 6.02. The lowest BCUT2D eigenvalue weighted by atomic mass is 10.0. The summed E-state index contributed by atoms with van der Waals surface area (Å²) < 4.78 is 8.28. The number of aromatic nitrogens is 2. The third kappa shape index (κ3) is 2.72. The fourth-order valence-corrected chi connectivity index (χ4v) is 4.95. The van der Waals surface area contributed by atoms with Gasteiger partial charge in [0, 0.05) is 27.7 Å². The zero-order valence-corrected chi connectivity index (χ0v) is 18.1. The van der Waals surface area contributed by atoms with Gasteiger partial charge in [0.15, 0.2) is 0 Å². The van der Waals surface area contributed by atoms with Crippen LogP contribution in [-0.2, 0) is 0 Å². The number of furan rings is 1. The van der Waals surface area contributed by atoms with Gasteiger partial charge in [-0.1, -0.05) is 48.5 Å². The van der Waals surface area contributed by atoms with E-state index in [1.807, 2.05) is 30.5 Å². The lowest BCUT2D eigenvalue weighted by Gasteiger charge is -2.07. The first-order valence-electron chi connectivity index (χ1n) is 11.1. The molecule has 3 heteroatoms. The van der Waals surface area contributed by atoms with Crippen LogP contribution in [0.5, 0.6) is 0 Å². The average molecular weight is 425 g/mol. The predicted molar refractivity (Wildman–Crippen MR) is 136 cm³/mol. The van der Waals surface area contributed by atoms with Crippen LogP contribution in [0.2, 0.25) is 0 Å². The van der Waals surface area contributed by atoms with E-state index in [1.54, 1.807) is 0 Å². The Morgan fingerprint density at radius 1 is 0.606 bits per heavy atom. The van der Waals surface area contributed by atoms with E-state index in [0.717, 1.165) is 33.3 Å². The van der Waals surface area contributed by atoms with Crippen LogP contribution in [0.25, 0.3) is 60.7 Å². The van der Waals surface area contributed by atoms with Crippen LogP contribution in [0.4, 0.5) is 0 Å². The number of rotatable bonds is 2. The standard InChI is InChI=1S/C30H20N2O/c1-19-9-12-22-24-17-20(10-13-26(24)32(27(22)16-19)30-8-4-5-15-31-30)21-11-14-29-25(18-21)23-6-2-3-7-28(23)33-29/h2-18H,1H3. The van der Waals surface area contributed by atoms with E-state index in [0.29, 0.717) is 0 Å². The Kier molecular flexibility index (Phi) is 3.76. The summed E-state index contributed by atoms with van der Waals surface area (Å²) in [5.74, 6) is 0.933. The predicted octanol–water partition coefficient (Wildman–Crippen LogP) is 8.05. The highest BCUT2D eigenvalue weighted by Crippen LogP contribution is 2.37. The molecule has 3 nitrogen and oxygen atoms in total. The van der Waals surface area contributed by atoms with E-state index in [-0.39, 0.29) is 0 Å². The molecule has 0 fully saturated rings. The van der Waals surface area contributed by atoms with Crippen molar-refractivity contribution in [3.63, 3.8) is 0 Å². The van der Waals surface area contributed by atoms with Crippen LogP contribution >= 0.6 is 0 Å². The van der Waals surface area contributed by atoms with E-state index in [1.165, 1.54) is 33.0 Å². The van der Waals surface area contributed by atoms with Gasteiger partial charge in [-0.2, -0.15) is 0 Å². The molecule has 0 bridgehead atoms. The molecule has 0 saturated carbocycles. The van der Waals surface area contributed by atoms with Gasteiger partial charge in [0.1, 0.15) is 17.0 Å². The Balaban J connectivity index is 1.49. The van der Waals surface area contributed by atoms with Crippen LogP contribution in [0.1, 0.15) is 5.56 Å². The maximum absolute atomic E-state index is 6.02. The third-order valence-corrected chi connectivity index (χ3v) is 6.51. The molecule has 0 amide bonds. The summed E-state index contributed by atoms with van der Waals surface area (Å²) in [5.41, 5.74) is 7.79. The summed E-state index contributed by atoms with van der Waals surface area (Å²) in [5, 5.41) is 4.76. The van der Waals surface area contributed by atoms with E-state index in [4.69, 9.17) is 4.42 Å². The fraction of sp³-hybridized carbons (Fsp3) is 0.0333. The highest BCUT2D eigenvalue weighted by atomic mass is 16.3. The van der Waals surface area contributed by atoms with Crippen LogP contribution < -0.4 is 0 Å². The third-order valence-electron chi connectivity index (χ3n) is 6.51. The Bertz CT molecular complexity index is 1820. The van der Waals surface area contributed by atoms with Crippen LogP contribution in [-0.4, -0.2) is 9.55 Å². The molecule has 0 aliphatic rings. The number of pyridine rings is 1. The molecule has 4 aromatic carbocycles. The van der Waals surface area contributed by atoms with Gasteiger partial charge in [0.25, 0.3) is 0 Å². The summed E-state index contributed by atoms with van der Waals surface area (Å²) in [6.07, 6.45) is 1.85.